The number of amides is 2. The van der Waals surface area contributed by atoms with Crippen LogP contribution < -0.4 is 4.90 Å². The molecule has 0 spiro atoms. The molecule has 0 radical (unpaired) electrons. The molecular formula is C25H21BrN4O2S2. The van der Waals surface area contributed by atoms with Crippen molar-refractivity contribution in [3.63, 3.8) is 0 Å². The Bertz CT molecular complexity index is 1290. The molecule has 0 aliphatic carbocycles. The summed E-state index contributed by atoms with van der Waals surface area (Å²) >= 11 is 6.20. The molecule has 6 nitrogen and oxygen atoms in total. The van der Waals surface area contributed by atoms with Gasteiger partial charge in [0.1, 0.15) is 5.25 Å². The number of anilines is 1. The number of aryl methyl sites for hydroxylation is 1. The number of benzene rings is 2. The molecule has 2 amide bonds. The second-order valence-corrected chi connectivity index (χ2v) is 11.2. The van der Waals surface area contributed by atoms with E-state index in [4.69, 9.17) is 10.5 Å². The molecule has 3 aromatic rings. The number of imide groups is 1. The Morgan fingerprint density at radius 2 is 1.91 bits per heavy atom. The number of carbonyl (C=O) groups is 2. The van der Waals surface area contributed by atoms with Gasteiger partial charge in [-0.15, -0.1) is 11.3 Å². The van der Waals surface area contributed by atoms with Gasteiger partial charge in [0.2, 0.25) is 11.8 Å². The second kappa shape index (κ2) is 9.48. The predicted octanol–water partition coefficient (Wildman–Crippen LogP) is 5.97. The lowest BCUT2D eigenvalue weighted by Crippen LogP contribution is -2.32. The van der Waals surface area contributed by atoms with Crippen molar-refractivity contribution in [1.29, 1.82) is 5.41 Å². The SMILES string of the molecule is Cc1cccc(N2C(=O)C[C@@H](SC(=N)N3N=C(c4cccs4)C[C@@H]3c3ccc(Br)cc3)C2=O)c1. The fourth-order valence-electron chi connectivity index (χ4n) is 4.16. The van der Waals surface area contributed by atoms with Gasteiger partial charge in [0.15, 0.2) is 5.17 Å². The Hall–Kier alpha value is -2.75. The zero-order valence-corrected chi connectivity index (χ0v) is 21.5. The van der Waals surface area contributed by atoms with Crippen molar-refractivity contribution in [1.82, 2.24) is 5.01 Å². The molecule has 2 aliphatic heterocycles. The van der Waals surface area contributed by atoms with Crippen LogP contribution in [0.3, 0.4) is 0 Å². The second-order valence-electron chi connectivity index (χ2n) is 8.16. The van der Waals surface area contributed by atoms with Crippen LogP contribution in [0.1, 0.15) is 34.9 Å². The van der Waals surface area contributed by atoms with Crippen LogP contribution in [-0.2, 0) is 9.59 Å². The Balaban J connectivity index is 1.38. The van der Waals surface area contributed by atoms with Crippen LogP contribution in [0.2, 0.25) is 0 Å². The van der Waals surface area contributed by atoms with Gasteiger partial charge in [-0.25, -0.2) is 9.91 Å². The number of nitrogens with one attached hydrogen (secondary N) is 1. The summed E-state index contributed by atoms with van der Waals surface area (Å²) < 4.78 is 0.982. The van der Waals surface area contributed by atoms with E-state index in [0.717, 1.165) is 38.0 Å². The first-order valence-electron chi connectivity index (χ1n) is 10.8. The molecule has 9 heteroatoms. The van der Waals surface area contributed by atoms with Gasteiger partial charge in [-0.2, -0.15) is 5.10 Å². The van der Waals surface area contributed by atoms with Gasteiger partial charge in [-0.1, -0.05) is 58.0 Å². The van der Waals surface area contributed by atoms with E-state index in [2.05, 4.69) is 15.9 Å². The van der Waals surface area contributed by atoms with Crippen molar-refractivity contribution in [2.75, 3.05) is 4.90 Å². The van der Waals surface area contributed by atoms with Gasteiger partial charge in [0, 0.05) is 17.3 Å². The smallest absolute Gasteiger partial charge is 0.247 e. The average molecular weight is 554 g/mol. The Kier molecular flexibility index (Phi) is 6.42. The summed E-state index contributed by atoms with van der Waals surface area (Å²) in [6.07, 6.45) is 0.732. The van der Waals surface area contributed by atoms with Crippen molar-refractivity contribution in [2.24, 2.45) is 5.10 Å². The number of halogens is 1. The van der Waals surface area contributed by atoms with Gasteiger partial charge in [-0.3, -0.25) is 15.0 Å². The molecule has 34 heavy (non-hydrogen) atoms. The van der Waals surface area contributed by atoms with Crippen molar-refractivity contribution in [2.45, 2.75) is 31.1 Å². The molecule has 172 valence electrons. The minimum absolute atomic E-state index is 0.0676. The van der Waals surface area contributed by atoms with Crippen LogP contribution >= 0.6 is 39.0 Å². The summed E-state index contributed by atoms with van der Waals surface area (Å²) in [6.45, 7) is 1.93. The van der Waals surface area contributed by atoms with Crippen LogP contribution in [0.25, 0.3) is 0 Å². The number of rotatable bonds is 4. The van der Waals surface area contributed by atoms with Gasteiger partial charge >= 0.3 is 0 Å². The average Bonchev–Trinajstić information content (AvgIpc) is 3.54. The van der Waals surface area contributed by atoms with Crippen molar-refractivity contribution >= 4 is 67.4 Å². The van der Waals surface area contributed by atoms with Crippen LogP contribution in [0.5, 0.6) is 0 Å². The van der Waals surface area contributed by atoms with E-state index in [9.17, 15) is 9.59 Å². The Morgan fingerprint density at radius 1 is 1.12 bits per heavy atom. The predicted molar refractivity (Wildman–Crippen MR) is 142 cm³/mol. The summed E-state index contributed by atoms with van der Waals surface area (Å²) in [5.41, 5.74) is 3.52. The highest BCUT2D eigenvalue weighted by Crippen LogP contribution is 2.38. The molecule has 1 saturated heterocycles. The number of carbonyl (C=O) groups excluding carboxylic acids is 2. The van der Waals surface area contributed by atoms with Gasteiger partial charge < -0.3 is 0 Å². The number of amidine groups is 1. The number of hydrogen-bond acceptors (Lipinski definition) is 6. The summed E-state index contributed by atoms with van der Waals surface area (Å²) in [4.78, 5) is 28.2. The number of thioether (sulfide) groups is 1. The van der Waals surface area contributed by atoms with Crippen molar-refractivity contribution < 1.29 is 9.59 Å². The molecule has 2 aliphatic rings. The largest absolute Gasteiger partial charge is 0.277 e. The third-order valence-electron chi connectivity index (χ3n) is 5.80. The number of hydrogen-bond donors (Lipinski definition) is 1. The van der Waals surface area contributed by atoms with Gasteiger partial charge in [0.25, 0.3) is 0 Å². The third-order valence-corrected chi connectivity index (χ3v) is 8.31. The lowest BCUT2D eigenvalue weighted by Gasteiger charge is -2.24. The lowest BCUT2D eigenvalue weighted by molar-refractivity contribution is -0.121. The minimum atomic E-state index is -0.646. The Labute approximate surface area is 214 Å². The third kappa shape index (κ3) is 4.47. The first-order valence-corrected chi connectivity index (χ1v) is 13.3. The quantitative estimate of drug-likeness (QED) is 0.245. The normalized spacial score (nSPS) is 20.2. The van der Waals surface area contributed by atoms with Crippen molar-refractivity contribution in [3.8, 4) is 0 Å². The van der Waals surface area contributed by atoms with E-state index in [0.29, 0.717) is 12.1 Å². The molecule has 1 N–H and O–H groups in total. The van der Waals surface area contributed by atoms with Crippen LogP contribution in [0, 0.1) is 12.3 Å². The number of nitrogens with zero attached hydrogens (tertiary/aromatic N) is 3. The molecule has 3 heterocycles. The van der Waals surface area contributed by atoms with E-state index in [1.807, 2.05) is 66.9 Å². The summed E-state index contributed by atoms with van der Waals surface area (Å²) in [5, 5.41) is 16.8. The van der Waals surface area contributed by atoms with Gasteiger partial charge in [0.05, 0.1) is 22.3 Å². The van der Waals surface area contributed by atoms with Crippen LogP contribution in [-0.4, -0.2) is 33.0 Å². The molecule has 1 aromatic heterocycles. The number of thiophene rings is 1. The van der Waals surface area contributed by atoms with Gasteiger partial charge in [-0.05, 0) is 53.8 Å². The van der Waals surface area contributed by atoms with E-state index in [1.165, 1.54) is 4.90 Å². The number of hydrazone groups is 1. The van der Waals surface area contributed by atoms with E-state index in [1.54, 1.807) is 22.4 Å². The molecular weight excluding hydrogens is 532 g/mol. The molecule has 0 saturated carbocycles. The molecule has 0 bridgehead atoms. The van der Waals surface area contributed by atoms with Crippen LogP contribution in [0.4, 0.5) is 5.69 Å². The fourth-order valence-corrected chi connectivity index (χ4v) is 6.12. The van der Waals surface area contributed by atoms with E-state index < -0.39 is 5.25 Å². The Morgan fingerprint density at radius 3 is 2.62 bits per heavy atom. The lowest BCUT2D eigenvalue weighted by atomic mass is 10.0. The highest BCUT2D eigenvalue weighted by molar-refractivity contribution is 9.10. The topological polar surface area (TPSA) is 76.8 Å². The fraction of sp³-hybridized carbons (Fsp3) is 0.200. The maximum absolute atomic E-state index is 13.1. The minimum Gasteiger partial charge on any atom is -0.277 e. The molecule has 2 atom stereocenters. The summed E-state index contributed by atoms with van der Waals surface area (Å²) in [6, 6.07) is 19.2. The molecule has 2 aromatic carbocycles. The zero-order chi connectivity index (χ0) is 23.8. The summed E-state index contributed by atoms with van der Waals surface area (Å²) in [7, 11) is 0. The van der Waals surface area contributed by atoms with E-state index >= 15 is 0 Å². The van der Waals surface area contributed by atoms with E-state index in [-0.39, 0.29) is 29.4 Å². The van der Waals surface area contributed by atoms with Crippen molar-refractivity contribution in [3.05, 3.63) is 86.5 Å². The molecule has 5 rings (SSSR count). The monoisotopic (exact) mass is 552 g/mol. The molecule has 0 unspecified atom stereocenters. The summed E-state index contributed by atoms with van der Waals surface area (Å²) in [5.74, 6) is -0.526. The van der Waals surface area contributed by atoms with Crippen LogP contribution in [0.15, 0.2) is 75.6 Å². The molecule has 1 fully saturated rings. The first-order chi connectivity index (χ1) is 16.4. The highest BCUT2D eigenvalue weighted by Gasteiger charge is 2.42. The standard InChI is InChI=1S/C25H21BrN4O2S2/c1-15-4-2-5-18(12-15)29-23(31)14-22(24(29)32)34-25(27)30-20(16-7-9-17(26)10-8-16)13-19(28-30)21-6-3-11-33-21/h2-12,20,22,27H,13-14H2,1H3/t20-,22-/m1/s1. The first kappa shape index (κ1) is 23.0. The zero-order valence-electron chi connectivity index (χ0n) is 18.3. The highest BCUT2D eigenvalue weighted by atomic mass is 79.9. The maximum atomic E-state index is 13.1. The maximum Gasteiger partial charge on any atom is 0.247 e.